The number of nitrogens with one attached hydrogen (secondary N) is 1. The van der Waals surface area contributed by atoms with Crippen LogP contribution < -0.4 is 5.32 Å². The summed E-state index contributed by atoms with van der Waals surface area (Å²) in [4.78, 5) is 0. The van der Waals surface area contributed by atoms with Crippen molar-refractivity contribution in [2.24, 2.45) is 0 Å². The highest BCUT2D eigenvalue weighted by Crippen LogP contribution is 2.30. The number of benzene rings is 1. The van der Waals surface area contributed by atoms with Gasteiger partial charge in [0.05, 0.1) is 6.10 Å². The third kappa shape index (κ3) is 2.69. The van der Waals surface area contributed by atoms with Crippen molar-refractivity contribution in [1.29, 1.82) is 0 Å². The van der Waals surface area contributed by atoms with Crippen molar-refractivity contribution in [2.45, 2.75) is 31.4 Å². The summed E-state index contributed by atoms with van der Waals surface area (Å²) in [6.07, 6.45) is 3.04. The molecule has 1 atom stereocenters. The maximum atomic E-state index is 10.0. The lowest BCUT2D eigenvalue weighted by Gasteiger charge is -2.28. The van der Waals surface area contributed by atoms with Crippen molar-refractivity contribution in [1.82, 2.24) is 5.32 Å². The van der Waals surface area contributed by atoms with Crippen molar-refractivity contribution < 1.29 is 5.11 Å². The maximum Gasteiger partial charge on any atom is 0.0943 e. The Morgan fingerprint density at radius 2 is 1.94 bits per heavy atom. The number of halogens is 2. The SMILES string of the molecule is OC(CNC1CCC1)c1c(Cl)cccc1Cl. The predicted octanol–water partition coefficient (Wildman–Crippen LogP) is 3.17. The van der Waals surface area contributed by atoms with E-state index in [-0.39, 0.29) is 0 Å². The van der Waals surface area contributed by atoms with Crippen molar-refractivity contribution in [2.75, 3.05) is 6.54 Å². The molecule has 1 aromatic carbocycles. The quantitative estimate of drug-likeness (QED) is 0.871. The molecule has 0 spiro atoms. The number of aliphatic hydroxyl groups is 1. The van der Waals surface area contributed by atoms with Gasteiger partial charge in [-0.15, -0.1) is 0 Å². The van der Waals surface area contributed by atoms with Gasteiger partial charge in [-0.2, -0.15) is 0 Å². The summed E-state index contributed by atoms with van der Waals surface area (Å²) in [6, 6.07) is 5.82. The minimum atomic E-state index is -0.637. The maximum absolute atomic E-state index is 10.0. The van der Waals surface area contributed by atoms with Gasteiger partial charge in [0.25, 0.3) is 0 Å². The molecular weight excluding hydrogens is 245 g/mol. The molecule has 2 nitrogen and oxygen atoms in total. The molecule has 88 valence electrons. The van der Waals surface area contributed by atoms with E-state index in [9.17, 15) is 5.11 Å². The first-order chi connectivity index (χ1) is 7.68. The van der Waals surface area contributed by atoms with Crippen LogP contribution in [0.1, 0.15) is 30.9 Å². The second-order valence-electron chi connectivity index (χ2n) is 4.19. The third-order valence-electron chi connectivity index (χ3n) is 3.04. The summed E-state index contributed by atoms with van der Waals surface area (Å²) in [5, 5.41) is 14.4. The van der Waals surface area contributed by atoms with Gasteiger partial charge in [0, 0.05) is 28.2 Å². The average Bonchev–Trinajstić information content (AvgIpc) is 2.15. The minimum absolute atomic E-state index is 0.508. The molecule has 0 saturated heterocycles. The van der Waals surface area contributed by atoms with Gasteiger partial charge < -0.3 is 10.4 Å². The summed E-state index contributed by atoms with van der Waals surface area (Å²) >= 11 is 12.0. The highest BCUT2D eigenvalue weighted by Gasteiger charge is 2.20. The molecule has 0 bridgehead atoms. The Kier molecular flexibility index (Phi) is 4.09. The largest absolute Gasteiger partial charge is 0.387 e. The fourth-order valence-electron chi connectivity index (χ4n) is 1.82. The molecule has 1 aliphatic carbocycles. The fourth-order valence-corrected chi connectivity index (χ4v) is 2.47. The summed E-state index contributed by atoms with van der Waals surface area (Å²) in [5.74, 6) is 0. The van der Waals surface area contributed by atoms with Crippen LogP contribution in [-0.2, 0) is 0 Å². The first-order valence-corrected chi connectivity index (χ1v) is 6.29. The molecule has 0 aliphatic heterocycles. The highest BCUT2D eigenvalue weighted by atomic mass is 35.5. The van der Waals surface area contributed by atoms with Crippen molar-refractivity contribution in [3.05, 3.63) is 33.8 Å². The van der Waals surface area contributed by atoms with Gasteiger partial charge in [0.15, 0.2) is 0 Å². The van der Waals surface area contributed by atoms with E-state index in [1.807, 2.05) is 0 Å². The van der Waals surface area contributed by atoms with E-state index in [4.69, 9.17) is 23.2 Å². The van der Waals surface area contributed by atoms with E-state index in [1.165, 1.54) is 19.3 Å². The van der Waals surface area contributed by atoms with Crippen LogP contribution in [0.25, 0.3) is 0 Å². The molecule has 1 unspecified atom stereocenters. The predicted molar refractivity (Wildman–Crippen MR) is 67.1 cm³/mol. The normalized spacial score (nSPS) is 18.2. The second-order valence-corrected chi connectivity index (χ2v) is 5.00. The molecule has 1 aromatic rings. The van der Waals surface area contributed by atoms with E-state index in [0.717, 1.165) is 0 Å². The summed E-state index contributed by atoms with van der Waals surface area (Å²) in [5.41, 5.74) is 0.623. The monoisotopic (exact) mass is 259 g/mol. The molecule has 16 heavy (non-hydrogen) atoms. The van der Waals surface area contributed by atoms with Crippen LogP contribution in [0.5, 0.6) is 0 Å². The van der Waals surface area contributed by atoms with Crippen molar-refractivity contribution in [3.8, 4) is 0 Å². The zero-order valence-electron chi connectivity index (χ0n) is 8.92. The van der Waals surface area contributed by atoms with Crippen molar-refractivity contribution in [3.63, 3.8) is 0 Å². The van der Waals surface area contributed by atoms with Gasteiger partial charge in [-0.3, -0.25) is 0 Å². The van der Waals surface area contributed by atoms with E-state index in [1.54, 1.807) is 18.2 Å². The molecule has 1 fully saturated rings. The van der Waals surface area contributed by atoms with Crippen LogP contribution in [0.4, 0.5) is 0 Å². The number of hydrogen-bond donors (Lipinski definition) is 2. The summed E-state index contributed by atoms with van der Waals surface area (Å²) in [6.45, 7) is 0.508. The van der Waals surface area contributed by atoms with Gasteiger partial charge in [0.1, 0.15) is 0 Å². The lowest BCUT2D eigenvalue weighted by Crippen LogP contribution is -2.37. The molecule has 0 aromatic heterocycles. The number of hydrogen-bond acceptors (Lipinski definition) is 2. The van der Waals surface area contributed by atoms with Crippen LogP contribution >= 0.6 is 23.2 Å². The lowest BCUT2D eigenvalue weighted by molar-refractivity contribution is 0.161. The van der Waals surface area contributed by atoms with Crippen LogP contribution in [0.15, 0.2) is 18.2 Å². The van der Waals surface area contributed by atoms with Gasteiger partial charge in [-0.25, -0.2) is 0 Å². The van der Waals surface area contributed by atoms with E-state index >= 15 is 0 Å². The van der Waals surface area contributed by atoms with Gasteiger partial charge in [0.2, 0.25) is 0 Å². The summed E-state index contributed by atoms with van der Waals surface area (Å²) < 4.78 is 0. The fraction of sp³-hybridized carbons (Fsp3) is 0.500. The number of rotatable bonds is 4. The van der Waals surface area contributed by atoms with E-state index in [2.05, 4.69) is 5.32 Å². The Labute approximate surface area is 106 Å². The molecule has 4 heteroatoms. The molecular formula is C12H15Cl2NO. The Morgan fingerprint density at radius 1 is 1.31 bits per heavy atom. The smallest absolute Gasteiger partial charge is 0.0943 e. The zero-order chi connectivity index (χ0) is 11.5. The topological polar surface area (TPSA) is 32.3 Å². The average molecular weight is 260 g/mol. The molecule has 0 radical (unpaired) electrons. The van der Waals surface area contributed by atoms with E-state index in [0.29, 0.717) is 28.2 Å². The van der Waals surface area contributed by atoms with Crippen LogP contribution in [0, 0.1) is 0 Å². The Bertz CT molecular complexity index is 346. The molecule has 2 N–H and O–H groups in total. The molecule has 2 rings (SSSR count). The Morgan fingerprint density at radius 3 is 2.44 bits per heavy atom. The Balaban J connectivity index is 1.98. The van der Waals surface area contributed by atoms with Crippen LogP contribution in [0.3, 0.4) is 0 Å². The lowest BCUT2D eigenvalue weighted by atomic mass is 9.93. The number of aliphatic hydroxyl groups excluding tert-OH is 1. The summed E-state index contributed by atoms with van der Waals surface area (Å²) in [7, 11) is 0. The molecule has 1 saturated carbocycles. The molecule has 1 aliphatic rings. The third-order valence-corrected chi connectivity index (χ3v) is 3.70. The van der Waals surface area contributed by atoms with Gasteiger partial charge in [-0.1, -0.05) is 35.7 Å². The first-order valence-electron chi connectivity index (χ1n) is 5.54. The molecule has 0 heterocycles. The van der Waals surface area contributed by atoms with Gasteiger partial charge >= 0.3 is 0 Å². The Hall–Kier alpha value is -0.280. The van der Waals surface area contributed by atoms with Crippen LogP contribution in [0.2, 0.25) is 10.0 Å². The molecule has 0 amide bonds. The highest BCUT2D eigenvalue weighted by molar-refractivity contribution is 6.36. The standard InChI is InChI=1S/C12H15Cl2NO/c13-9-5-2-6-10(14)12(9)11(16)7-15-8-3-1-4-8/h2,5-6,8,11,15-16H,1,3-4,7H2. The van der Waals surface area contributed by atoms with E-state index < -0.39 is 6.10 Å². The van der Waals surface area contributed by atoms with Gasteiger partial charge in [-0.05, 0) is 25.0 Å². The first kappa shape index (κ1) is 12.2. The van der Waals surface area contributed by atoms with Crippen LogP contribution in [-0.4, -0.2) is 17.7 Å². The zero-order valence-corrected chi connectivity index (χ0v) is 10.4. The second kappa shape index (κ2) is 5.37. The van der Waals surface area contributed by atoms with Crippen molar-refractivity contribution >= 4 is 23.2 Å². The minimum Gasteiger partial charge on any atom is -0.387 e.